The molecule has 6 unspecified atom stereocenters. The molecule has 1 aliphatic carbocycles. The van der Waals surface area contributed by atoms with Gasteiger partial charge >= 0.3 is 0 Å². The molecular formula is C19H31NO7SSi. The van der Waals surface area contributed by atoms with Gasteiger partial charge in [0.25, 0.3) is 5.91 Å². The van der Waals surface area contributed by atoms with Crippen LogP contribution in [-0.2, 0) is 33.8 Å². The number of carbonyl (C=O) groups is 2. The third kappa shape index (κ3) is 3.60. The van der Waals surface area contributed by atoms with Gasteiger partial charge in [-0.1, -0.05) is 19.6 Å². The number of Topliss-reactive ketones (excluding diaryl/α,β-unsaturated/α-hetero) is 1. The van der Waals surface area contributed by atoms with Crippen molar-refractivity contribution in [1.82, 2.24) is 4.31 Å². The van der Waals surface area contributed by atoms with Crippen molar-refractivity contribution >= 4 is 29.8 Å². The van der Waals surface area contributed by atoms with Crippen LogP contribution in [0.1, 0.15) is 33.6 Å². The number of sulfonamides is 1. The number of ether oxygens (including phenoxy) is 3. The number of carbonyl (C=O) groups excluding carboxylic acids is 2. The highest BCUT2D eigenvalue weighted by Crippen LogP contribution is 2.55. The Labute approximate surface area is 173 Å². The molecule has 3 saturated heterocycles. The Morgan fingerprint density at radius 1 is 1.07 bits per heavy atom. The fourth-order valence-electron chi connectivity index (χ4n) is 5.03. The van der Waals surface area contributed by atoms with E-state index in [4.69, 9.17) is 14.2 Å². The third-order valence-corrected chi connectivity index (χ3v) is 10.3. The lowest BCUT2D eigenvalue weighted by Gasteiger charge is -2.40. The van der Waals surface area contributed by atoms with Gasteiger partial charge in [-0.15, -0.1) is 0 Å². The summed E-state index contributed by atoms with van der Waals surface area (Å²) in [5, 5.41) is 0. The topological polar surface area (TPSA) is 103 Å². The molecule has 29 heavy (non-hydrogen) atoms. The van der Waals surface area contributed by atoms with E-state index in [1.807, 2.05) is 0 Å². The standard InChI is InChI=1S/C19H31NO7SSi/c1-18(2)25-13-10-11(21)9-12(14(13)26-18)15-19(3)16(27-19)17(22)20(15)28(23,24)7-8-29(4,5)6/h12-16H,7-10H2,1-6H3. The van der Waals surface area contributed by atoms with Gasteiger partial charge in [-0.2, -0.15) is 0 Å². The van der Waals surface area contributed by atoms with Crippen LogP contribution in [0.25, 0.3) is 0 Å². The molecule has 8 nitrogen and oxygen atoms in total. The second-order valence-corrected chi connectivity index (χ2v) is 18.2. The third-order valence-electron chi connectivity index (χ3n) is 6.47. The SMILES string of the molecule is CC1(C)OC2CC(=O)CC(C3N(S(=O)(=O)CC[Si](C)(C)C)C(=O)C4OC43C)C2O1. The number of hydrogen-bond donors (Lipinski definition) is 0. The van der Waals surface area contributed by atoms with Gasteiger partial charge in [0.2, 0.25) is 10.0 Å². The smallest absolute Gasteiger partial charge is 0.268 e. The highest BCUT2D eigenvalue weighted by molar-refractivity contribution is 7.89. The average Bonchev–Trinajstić information content (AvgIpc) is 3.05. The second kappa shape index (κ2) is 6.35. The summed E-state index contributed by atoms with van der Waals surface area (Å²) in [6, 6.07) is -0.183. The summed E-state index contributed by atoms with van der Waals surface area (Å²) in [7, 11) is -5.45. The maximum atomic E-state index is 13.3. The Bertz CT molecular complexity index is 851. The summed E-state index contributed by atoms with van der Waals surface area (Å²) in [4.78, 5) is 25.4. The van der Waals surface area contributed by atoms with Crippen molar-refractivity contribution in [3.63, 3.8) is 0 Å². The normalized spacial score (nSPS) is 41.4. The zero-order valence-electron chi connectivity index (χ0n) is 17.9. The van der Waals surface area contributed by atoms with E-state index < -0.39 is 65.7 Å². The number of fused-ring (bicyclic) bond motifs is 2. The zero-order chi connectivity index (χ0) is 21.6. The molecule has 0 aromatic carbocycles. The summed E-state index contributed by atoms with van der Waals surface area (Å²) in [6.45, 7) is 11.6. The molecule has 1 amide bonds. The molecule has 3 aliphatic heterocycles. The van der Waals surface area contributed by atoms with E-state index in [-0.39, 0.29) is 24.4 Å². The van der Waals surface area contributed by atoms with E-state index >= 15 is 0 Å². The fraction of sp³-hybridized carbons (Fsp3) is 0.895. The molecule has 0 bridgehead atoms. The highest BCUT2D eigenvalue weighted by Gasteiger charge is 2.75. The van der Waals surface area contributed by atoms with E-state index in [0.717, 1.165) is 4.31 Å². The van der Waals surface area contributed by atoms with Crippen molar-refractivity contribution in [2.24, 2.45) is 5.92 Å². The van der Waals surface area contributed by atoms with Crippen molar-refractivity contribution in [2.45, 2.75) is 95.0 Å². The molecule has 0 N–H and O–H groups in total. The number of rotatable bonds is 5. The lowest BCUT2D eigenvalue weighted by molar-refractivity contribution is -0.152. The zero-order valence-corrected chi connectivity index (χ0v) is 19.7. The van der Waals surface area contributed by atoms with Crippen LogP contribution < -0.4 is 0 Å². The molecule has 0 radical (unpaired) electrons. The molecule has 164 valence electrons. The Morgan fingerprint density at radius 2 is 1.72 bits per heavy atom. The lowest BCUT2D eigenvalue weighted by Crippen LogP contribution is -2.56. The van der Waals surface area contributed by atoms with Crippen LogP contribution in [-0.4, -0.2) is 74.0 Å². The van der Waals surface area contributed by atoms with Crippen LogP contribution in [0, 0.1) is 5.92 Å². The number of nitrogens with zero attached hydrogens (tertiary/aromatic N) is 1. The van der Waals surface area contributed by atoms with Crippen molar-refractivity contribution < 1.29 is 32.2 Å². The van der Waals surface area contributed by atoms with Gasteiger partial charge in [0, 0.05) is 26.8 Å². The molecular weight excluding hydrogens is 414 g/mol. The predicted molar refractivity (Wildman–Crippen MR) is 107 cm³/mol. The van der Waals surface area contributed by atoms with Gasteiger partial charge < -0.3 is 14.2 Å². The van der Waals surface area contributed by atoms with E-state index in [1.165, 1.54) is 0 Å². The Kier molecular flexibility index (Phi) is 4.69. The average molecular weight is 446 g/mol. The van der Waals surface area contributed by atoms with Gasteiger partial charge in [-0.3, -0.25) is 9.59 Å². The summed E-state index contributed by atoms with van der Waals surface area (Å²) in [6.07, 6.45) is -1.24. The minimum Gasteiger partial charge on any atom is -0.354 e. The lowest BCUT2D eigenvalue weighted by atomic mass is 9.76. The van der Waals surface area contributed by atoms with E-state index in [0.29, 0.717) is 6.04 Å². The highest BCUT2D eigenvalue weighted by atomic mass is 32.2. The maximum Gasteiger partial charge on any atom is 0.268 e. The van der Waals surface area contributed by atoms with Gasteiger partial charge in [0.15, 0.2) is 11.9 Å². The molecule has 4 aliphatic rings. The first-order valence-electron chi connectivity index (χ1n) is 10.3. The van der Waals surface area contributed by atoms with Crippen LogP contribution in [0.5, 0.6) is 0 Å². The van der Waals surface area contributed by atoms with Gasteiger partial charge in [0.05, 0.1) is 24.0 Å². The largest absolute Gasteiger partial charge is 0.354 e. The van der Waals surface area contributed by atoms with Crippen molar-refractivity contribution in [3.05, 3.63) is 0 Å². The minimum absolute atomic E-state index is 0.00264. The summed E-state index contributed by atoms with van der Waals surface area (Å²) >= 11 is 0. The molecule has 4 rings (SSSR count). The van der Waals surface area contributed by atoms with Crippen molar-refractivity contribution in [1.29, 1.82) is 0 Å². The van der Waals surface area contributed by atoms with Crippen LogP contribution in [0.4, 0.5) is 0 Å². The molecule has 0 aromatic heterocycles. The van der Waals surface area contributed by atoms with Crippen LogP contribution >= 0.6 is 0 Å². The summed E-state index contributed by atoms with van der Waals surface area (Å²) < 4.78 is 45.2. The van der Waals surface area contributed by atoms with Crippen LogP contribution in [0.3, 0.4) is 0 Å². The number of ketones is 1. The quantitative estimate of drug-likeness (QED) is 0.467. The minimum atomic E-state index is -3.83. The van der Waals surface area contributed by atoms with Gasteiger partial charge in [-0.25, -0.2) is 12.7 Å². The van der Waals surface area contributed by atoms with Gasteiger partial charge in [-0.05, 0) is 26.8 Å². The van der Waals surface area contributed by atoms with Crippen LogP contribution in [0.15, 0.2) is 0 Å². The van der Waals surface area contributed by atoms with E-state index in [1.54, 1.807) is 20.8 Å². The fourth-order valence-corrected chi connectivity index (χ4v) is 9.79. The molecule has 3 heterocycles. The molecule has 4 fully saturated rings. The second-order valence-electron chi connectivity index (χ2n) is 10.6. The van der Waals surface area contributed by atoms with Crippen LogP contribution in [0.2, 0.25) is 25.7 Å². The van der Waals surface area contributed by atoms with Gasteiger partial charge in [0.1, 0.15) is 11.4 Å². The number of hydrogen-bond acceptors (Lipinski definition) is 7. The Hall–Kier alpha value is -0.813. The Balaban J connectivity index is 1.68. The van der Waals surface area contributed by atoms with Crippen molar-refractivity contribution in [3.8, 4) is 0 Å². The molecule has 0 spiro atoms. The number of epoxide rings is 1. The van der Waals surface area contributed by atoms with E-state index in [9.17, 15) is 18.0 Å². The first kappa shape index (κ1) is 21.4. The predicted octanol–water partition coefficient (Wildman–Crippen LogP) is 1.52. The first-order valence-corrected chi connectivity index (χ1v) is 15.6. The number of morpholine rings is 1. The van der Waals surface area contributed by atoms with E-state index in [2.05, 4.69) is 19.6 Å². The Morgan fingerprint density at radius 3 is 2.34 bits per heavy atom. The molecule has 0 aromatic rings. The summed E-state index contributed by atoms with van der Waals surface area (Å²) in [5.74, 6) is -1.91. The maximum absolute atomic E-state index is 13.3. The monoisotopic (exact) mass is 445 g/mol. The summed E-state index contributed by atoms with van der Waals surface area (Å²) in [5.41, 5.74) is -0.910. The van der Waals surface area contributed by atoms with Crippen molar-refractivity contribution in [2.75, 3.05) is 5.75 Å². The number of amides is 1. The molecule has 6 atom stereocenters. The molecule has 1 saturated carbocycles. The first-order chi connectivity index (χ1) is 13.1. The molecule has 10 heteroatoms.